The molecule has 78 valence electrons. The number of benzene rings is 1. The Bertz CT molecular complexity index is 293. The summed E-state index contributed by atoms with van der Waals surface area (Å²) < 4.78 is 5.04. The molecular weight excluding hydrogens is 202 g/mol. The maximum Gasteiger partial charge on any atom is 0.120 e. The number of nitrogens with one attached hydrogen (secondary N) is 2. The number of hydrogen-bond acceptors (Lipinski definition) is 4. The average Bonchev–Trinajstić information content (AvgIpc) is 2.20. The first-order valence-corrected chi connectivity index (χ1v) is 4.62. The molecule has 0 amide bonds. The van der Waals surface area contributed by atoms with E-state index in [4.69, 9.17) is 22.2 Å². The van der Waals surface area contributed by atoms with Crippen LogP contribution in [0.5, 0.6) is 5.75 Å². The smallest absolute Gasteiger partial charge is 0.120 e. The molecule has 0 bridgehead atoms. The largest absolute Gasteiger partial charge is 0.497 e. The maximum absolute atomic E-state index is 6.02. The maximum atomic E-state index is 6.02. The van der Waals surface area contributed by atoms with Gasteiger partial charge in [0, 0.05) is 11.6 Å². The van der Waals surface area contributed by atoms with Crippen LogP contribution in [0.1, 0.15) is 5.56 Å². The Kier molecular flexibility index (Phi) is 4.69. The summed E-state index contributed by atoms with van der Waals surface area (Å²) in [5.74, 6) is 5.87. The lowest BCUT2D eigenvalue weighted by molar-refractivity contribution is 0.414. The Balaban J connectivity index is 2.59. The Morgan fingerprint density at radius 1 is 1.50 bits per heavy atom. The van der Waals surface area contributed by atoms with Crippen LogP contribution in [0.2, 0.25) is 5.02 Å². The highest BCUT2D eigenvalue weighted by atomic mass is 35.5. The van der Waals surface area contributed by atoms with Gasteiger partial charge < -0.3 is 4.74 Å². The van der Waals surface area contributed by atoms with Crippen molar-refractivity contribution >= 4 is 11.6 Å². The van der Waals surface area contributed by atoms with Gasteiger partial charge in [-0.1, -0.05) is 17.7 Å². The summed E-state index contributed by atoms with van der Waals surface area (Å²) in [6.45, 7) is 1.22. The number of hydrogen-bond donors (Lipinski definition) is 3. The van der Waals surface area contributed by atoms with Crippen molar-refractivity contribution < 1.29 is 4.74 Å². The Hall–Kier alpha value is -0.810. The number of ether oxygens (including phenoxy) is 1. The van der Waals surface area contributed by atoms with E-state index in [1.807, 2.05) is 12.1 Å². The molecule has 0 aromatic heterocycles. The van der Waals surface area contributed by atoms with Crippen molar-refractivity contribution in [2.75, 3.05) is 13.8 Å². The SMILES string of the molecule is COc1ccc(CNCNN)c(Cl)c1. The van der Waals surface area contributed by atoms with Gasteiger partial charge in [0.1, 0.15) is 5.75 Å². The zero-order valence-corrected chi connectivity index (χ0v) is 8.77. The van der Waals surface area contributed by atoms with Crippen molar-refractivity contribution in [3.05, 3.63) is 28.8 Å². The Morgan fingerprint density at radius 2 is 2.29 bits per heavy atom. The van der Waals surface area contributed by atoms with Crippen LogP contribution in [-0.4, -0.2) is 13.8 Å². The van der Waals surface area contributed by atoms with Gasteiger partial charge in [-0.3, -0.25) is 11.2 Å². The van der Waals surface area contributed by atoms with Crippen molar-refractivity contribution in [1.82, 2.24) is 10.7 Å². The van der Waals surface area contributed by atoms with E-state index in [0.717, 1.165) is 11.3 Å². The molecule has 14 heavy (non-hydrogen) atoms. The first kappa shape index (κ1) is 11.3. The quantitative estimate of drug-likeness (QED) is 0.295. The van der Waals surface area contributed by atoms with Crippen LogP contribution in [0, 0.1) is 0 Å². The lowest BCUT2D eigenvalue weighted by Gasteiger charge is -2.07. The molecule has 0 spiro atoms. The summed E-state index contributed by atoms with van der Waals surface area (Å²) in [5, 5.41) is 3.76. The first-order chi connectivity index (χ1) is 6.77. The molecule has 1 aromatic rings. The fourth-order valence-corrected chi connectivity index (χ4v) is 1.31. The predicted molar refractivity (Wildman–Crippen MR) is 57.0 cm³/mol. The van der Waals surface area contributed by atoms with Crippen molar-refractivity contribution in [3.8, 4) is 5.75 Å². The standard InChI is InChI=1S/C9H14ClN3O/c1-14-8-3-2-7(9(10)4-8)5-12-6-13-11/h2-4,12-13H,5-6,11H2,1H3. The van der Waals surface area contributed by atoms with E-state index in [0.29, 0.717) is 18.2 Å². The van der Waals surface area contributed by atoms with Gasteiger partial charge in [0.05, 0.1) is 13.8 Å². The monoisotopic (exact) mass is 215 g/mol. The van der Waals surface area contributed by atoms with Crippen LogP contribution < -0.4 is 21.3 Å². The zero-order chi connectivity index (χ0) is 10.4. The second-order valence-corrected chi connectivity index (χ2v) is 3.17. The lowest BCUT2D eigenvalue weighted by atomic mass is 10.2. The molecule has 0 aliphatic carbocycles. The second-order valence-electron chi connectivity index (χ2n) is 2.77. The van der Waals surface area contributed by atoms with Gasteiger partial charge in [0.25, 0.3) is 0 Å². The van der Waals surface area contributed by atoms with Crippen molar-refractivity contribution in [1.29, 1.82) is 0 Å². The first-order valence-electron chi connectivity index (χ1n) is 4.24. The summed E-state index contributed by atoms with van der Waals surface area (Å²) in [7, 11) is 1.61. The summed E-state index contributed by atoms with van der Waals surface area (Å²) in [6.07, 6.45) is 0. The molecular formula is C9H14ClN3O. The van der Waals surface area contributed by atoms with Crippen molar-refractivity contribution in [2.24, 2.45) is 5.84 Å². The van der Waals surface area contributed by atoms with E-state index < -0.39 is 0 Å². The Morgan fingerprint density at radius 3 is 2.86 bits per heavy atom. The molecule has 4 nitrogen and oxygen atoms in total. The number of rotatable bonds is 5. The minimum absolute atomic E-state index is 0.544. The molecule has 1 aromatic carbocycles. The third-order valence-electron chi connectivity index (χ3n) is 1.80. The third kappa shape index (κ3) is 3.16. The van der Waals surface area contributed by atoms with Crippen LogP contribution in [0.4, 0.5) is 0 Å². The number of hydrazine groups is 1. The topological polar surface area (TPSA) is 59.3 Å². The van der Waals surface area contributed by atoms with E-state index >= 15 is 0 Å². The summed E-state index contributed by atoms with van der Waals surface area (Å²) in [6, 6.07) is 5.58. The molecule has 0 fully saturated rings. The fourth-order valence-electron chi connectivity index (χ4n) is 1.07. The molecule has 0 saturated carbocycles. The zero-order valence-electron chi connectivity index (χ0n) is 8.01. The molecule has 0 saturated heterocycles. The number of halogens is 1. The van der Waals surface area contributed by atoms with Crippen LogP contribution in [0.3, 0.4) is 0 Å². The molecule has 1 rings (SSSR count). The van der Waals surface area contributed by atoms with Crippen LogP contribution >= 0.6 is 11.6 Å². The van der Waals surface area contributed by atoms with Gasteiger partial charge in [-0.15, -0.1) is 0 Å². The van der Waals surface area contributed by atoms with E-state index in [1.54, 1.807) is 13.2 Å². The summed E-state index contributed by atoms with van der Waals surface area (Å²) in [4.78, 5) is 0. The van der Waals surface area contributed by atoms with Gasteiger partial charge in [-0.25, -0.2) is 5.43 Å². The summed E-state index contributed by atoms with van der Waals surface area (Å²) in [5.41, 5.74) is 3.52. The lowest BCUT2D eigenvalue weighted by Crippen LogP contribution is -2.33. The highest BCUT2D eigenvalue weighted by Crippen LogP contribution is 2.21. The molecule has 4 N–H and O–H groups in total. The van der Waals surface area contributed by atoms with E-state index in [1.165, 1.54) is 0 Å². The normalized spacial score (nSPS) is 10.2. The van der Waals surface area contributed by atoms with Crippen LogP contribution in [0.25, 0.3) is 0 Å². The number of methoxy groups -OCH3 is 1. The third-order valence-corrected chi connectivity index (χ3v) is 2.15. The second kappa shape index (κ2) is 5.82. The van der Waals surface area contributed by atoms with E-state index in [-0.39, 0.29) is 0 Å². The average molecular weight is 216 g/mol. The van der Waals surface area contributed by atoms with Gasteiger partial charge in [0.15, 0.2) is 0 Å². The minimum atomic E-state index is 0.544. The van der Waals surface area contributed by atoms with E-state index in [9.17, 15) is 0 Å². The van der Waals surface area contributed by atoms with Gasteiger partial charge in [-0.05, 0) is 17.7 Å². The van der Waals surface area contributed by atoms with Crippen LogP contribution in [-0.2, 0) is 6.54 Å². The van der Waals surface area contributed by atoms with Crippen molar-refractivity contribution in [2.45, 2.75) is 6.54 Å². The van der Waals surface area contributed by atoms with Crippen molar-refractivity contribution in [3.63, 3.8) is 0 Å². The molecule has 0 aliphatic rings. The van der Waals surface area contributed by atoms with Crippen LogP contribution in [0.15, 0.2) is 18.2 Å². The highest BCUT2D eigenvalue weighted by Gasteiger charge is 2.01. The predicted octanol–water partition coefficient (Wildman–Crippen LogP) is 0.859. The minimum Gasteiger partial charge on any atom is -0.497 e. The molecule has 0 radical (unpaired) electrons. The Labute approximate surface area is 88.4 Å². The number of nitrogens with two attached hydrogens (primary N) is 1. The molecule has 0 heterocycles. The van der Waals surface area contributed by atoms with Gasteiger partial charge in [-0.2, -0.15) is 0 Å². The van der Waals surface area contributed by atoms with Gasteiger partial charge in [0.2, 0.25) is 0 Å². The molecule has 5 heteroatoms. The molecule has 0 unspecified atom stereocenters. The van der Waals surface area contributed by atoms with E-state index in [2.05, 4.69) is 10.7 Å². The molecule has 0 aliphatic heterocycles. The fraction of sp³-hybridized carbons (Fsp3) is 0.333. The highest BCUT2D eigenvalue weighted by molar-refractivity contribution is 6.31. The summed E-state index contributed by atoms with van der Waals surface area (Å²) >= 11 is 6.02. The van der Waals surface area contributed by atoms with Gasteiger partial charge >= 0.3 is 0 Å². The molecule has 0 atom stereocenters.